The van der Waals surface area contributed by atoms with Gasteiger partial charge < -0.3 is 5.73 Å². The van der Waals surface area contributed by atoms with E-state index in [1.165, 1.54) is 18.2 Å². The van der Waals surface area contributed by atoms with Crippen LogP contribution in [0.3, 0.4) is 0 Å². The molecule has 6 nitrogen and oxygen atoms in total. The molecule has 2 aromatic carbocycles. The van der Waals surface area contributed by atoms with Crippen molar-refractivity contribution in [1.82, 2.24) is 4.90 Å². The Morgan fingerprint density at radius 1 is 1.15 bits per heavy atom. The quantitative estimate of drug-likeness (QED) is 0.814. The van der Waals surface area contributed by atoms with Crippen molar-refractivity contribution in [2.24, 2.45) is 5.73 Å². The lowest BCUT2D eigenvalue weighted by molar-refractivity contribution is -0.126. The highest BCUT2D eigenvalue weighted by Crippen LogP contribution is 2.40. The standard InChI is InChI=1S/C18H14Cl2N3O3/c1-18(11-5-3-2-4-6-11)16(25)23(17(26)22(18)10-15(21)24)12-7-8-13(19)14(20)9-12/h3-9H,10H2,1H3,(H2,21,24). The molecule has 1 aliphatic rings. The Labute approximate surface area is 160 Å². The lowest BCUT2D eigenvalue weighted by atomic mass is 9.90. The van der Waals surface area contributed by atoms with Crippen molar-refractivity contribution in [2.45, 2.75) is 12.5 Å². The number of carbonyl (C=O) groups is 3. The number of hydrogen-bond donors (Lipinski definition) is 1. The van der Waals surface area contributed by atoms with E-state index in [0.717, 1.165) is 9.80 Å². The maximum atomic E-state index is 13.3. The van der Waals surface area contributed by atoms with E-state index in [2.05, 4.69) is 6.07 Å². The average molecular weight is 391 g/mol. The Morgan fingerprint density at radius 2 is 1.81 bits per heavy atom. The van der Waals surface area contributed by atoms with E-state index < -0.39 is 29.9 Å². The topological polar surface area (TPSA) is 83.7 Å². The number of urea groups is 1. The molecule has 133 valence electrons. The first-order valence-electron chi connectivity index (χ1n) is 7.63. The number of nitrogens with zero attached hydrogens (tertiary/aromatic N) is 2. The van der Waals surface area contributed by atoms with E-state index in [4.69, 9.17) is 28.9 Å². The van der Waals surface area contributed by atoms with Crippen LogP contribution in [0.15, 0.2) is 42.5 Å². The zero-order valence-corrected chi connectivity index (χ0v) is 15.2. The molecule has 2 N–H and O–H groups in total. The summed E-state index contributed by atoms with van der Waals surface area (Å²) in [5, 5.41) is 0.499. The summed E-state index contributed by atoms with van der Waals surface area (Å²) in [6, 6.07) is 13.2. The molecule has 3 rings (SSSR count). The minimum atomic E-state index is -1.40. The Balaban J connectivity index is 2.14. The zero-order valence-electron chi connectivity index (χ0n) is 13.7. The van der Waals surface area contributed by atoms with E-state index in [0.29, 0.717) is 10.6 Å². The van der Waals surface area contributed by atoms with Crippen LogP contribution in [0.5, 0.6) is 0 Å². The van der Waals surface area contributed by atoms with Crippen molar-refractivity contribution in [3.05, 3.63) is 64.1 Å². The van der Waals surface area contributed by atoms with E-state index in [-0.39, 0.29) is 10.7 Å². The molecule has 0 spiro atoms. The minimum absolute atomic E-state index is 0.203. The Hall–Kier alpha value is -2.57. The molecule has 1 heterocycles. The molecule has 4 amide bonds. The van der Waals surface area contributed by atoms with Crippen LogP contribution in [0.25, 0.3) is 0 Å². The van der Waals surface area contributed by atoms with Crippen LogP contribution in [0.4, 0.5) is 10.5 Å². The summed E-state index contributed by atoms with van der Waals surface area (Å²) in [6.45, 7) is 1.17. The third-order valence-corrected chi connectivity index (χ3v) is 5.08. The van der Waals surface area contributed by atoms with E-state index in [1.54, 1.807) is 31.2 Å². The molecule has 0 aliphatic carbocycles. The Kier molecular flexibility index (Phi) is 4.64. The third-order valence-electron chi connectivity index (χ3n) is 4.34. The number of carbonyl (C=O) groups excluding carboxylic acids is 3. The number of nitrogens with two attached hydrogens (primary N) is 1. The molecule has 2 aromatic rings. The first-order valence-corrected chi connectivity index (χ1v) is 8.38. The molecule has 8 heteroatoms. The fourth-order valence-electron chi connectivity index (χ4n) is 2.96. The predicted molar refractivity (Wildman–Crippen MR) is 97.9 cm³/mol. The predicted octanol–water partition coefficient (Wildman–Crippen LogP) is 2.96. The summed E-state index contributed by atoms with van der Waals surface area (Å²) in [7, 11) is 0. The SMILES string of the molecule is CC1(c2cc[c]cc2)C(=O)N(c2ccc(Cl)c(Cl)c2)C(=O)N1CC(N)=O. The van der Waals surface area contributed by atoms with Gasteiger partial charge in [0.25, 0.3) is 5.91 Å². The summed E-state index contributed by atoms with van der Waals surface area (Å²) < 4.78 is 0. The molecule has 0 aromatic heterocycles. The average Bonchev–Trinajstić information content (AvgIpc) is 2.80. The van der Waals surface area contributed by atoms with Gasteiger partial charge in [-0.05, 0) is 36.8 Å². The van der Waals surface area contributed by atoms with Gasteiger partial charge in [0, 0.05) is 0 Å². The first kappa shape index (κ1) is 18.2. The fourth-order valence-corrected chi connectivity index (χ4v) is 3.25. The highest BCUT2D eigenvalue weighted by Gasteiger charge is 2.56. The van der Waals surface area contributed by atoms with Gasteiger partial charge in [0.05, 0.1) is 15.7 Å². The molecular formula is C18H14Cl2N3O3. The van der Waals surface area contributed by atoms with Crippen LogP contribution in [-0.4, -0.2) is 29.3 Å². The van der Waals surface area contributed by atoms with Crippen molar-refractivity contribution >= 4 is 46.7 Å². The number of halogens is 2. The first-order chi connectivity index (χ1) is 12.3. The highest BCUT2D eigenvalue weighted by atomic mass is 35.5. The summed E-state index contributed by atoms with van der Waals surface area (Å²) in [6.07, 6.45) is 0. The second kappa shape index (κ2) is 6.63. The van der Waals surface area contributed by atoms with Gasteiger partial charge in [0.15, 0.2) is 0 Å². The smallest absolute Gasteiger partial charge is 0.333 e. The van der Waals surface area contributed by atoms with Crippen LogP contribution in [0.2, 0.25) is 10.0 Å². The van der Waals surface area contributed by atoms with Crippen molar-refractivity contribution in [1.29, 1.82) is 0 Å². The molecule has 1 fully saturated rings. The Bertz CT molecular complexity index is 904. The third kappa shape index (κ3) is 2.81. The summed E-state index contributed by atoms with van der Waals surface area (Å²) in [5.41, 5.74) is 4.70. The van der Waals surface area contributed by atoms with E-state index in [9.17, 15) is 14.4 Å². The lowest BCUT2D eigenvalue weighted by Crippen LogP contribution is -2.47. The van der Waals surface area contributed by atoms with E-state index in [1.807, 2.05) is 0 Å². The molecule has 26 heavy (non-hydrogen) atoms. The van der Waals surface area contributed by atoms with Crippen molar-refractivity contribution in [3.63, 3.8) is 0 Å². The molecule has 1 atom stereocenters. The van der Waals surface area contributed by atoms with Gasteiger partial charge in [-0.25, -0.2) is 9.69 Å². The van der Waals surface area contributed by atoms with Crippen LogP contribution < -0.4 is 10.6 Å². The maximum Gasteiger partial charge on any atom is 0.333 e. The van der Waals surface area contributed by atoms with Gasteiger partial charge in [-0.1, -0.05) is 47.5 Å². The summed E-state index contributed by atoms with van der Waals surface area (Å²) in [4.78, 5) is 39.9. The van der Waals surface area contributed by atoms with Crippen molar-refractivity contribution in [3.8, 4) is 0 Å². The van der Waals surface area contributed by atoms with Gasteiger partial charge in [-0.2, -0.15) is 0 Å². The van der Waals surface area contributed by atoms with Crippen LogP contribution in [0.1, 0.15) is 12.5 Å². The van der Waals surface area contributed by atoms with Crippen molar-refractivity contribution in [2.75, 3.05) is 11.4 Å². The highest BCUT2D eigenvalue weighted by molar-refractivity contribution is 6.42. The van der Waals surface area contributed by atoms with Gasteiger partial charge in [0.2, 0.25) is 5.91 Å². The number of hydrogen-bond acceptors (Lipinski definition) is 3. The number of primary amides is 1. The second-order valence-corrected chi connectivity index (χ2v) is 6.75. The summed E-state index contributed by atoms with van der Waals surface area (Å²) >= 11 is 11.9. The number of imide groups is 1. The Morgan fingerprint density at radius 3 is 2.38 bits per heavy atom. The van der Waals surface area contributed by atoms with Crippen LogP contribution in [0, 0.1) is 6.07 Å². The summed E-state index contributed by atoms with van der Waals surface area (Å²) in [5.74, 6) is -1.25. The minimum Gasteiger partial charge on any atom is -0.368 e. The normalized spacial score (nSPS) is 20.0. The lowest BCUT2D eigenvalue weighted by Gasteiger charge is -2.31. The van der Waals surface area contributed by atoms with Crippen LogP contribution >= 0.6 is 23.2 Å². The fraction of sp³-hybridized carbons (Fsp3) is 0.167. The zero-order chi connectivity index (χ0) is 19.1. The van der Waals surface area contributed by atoms with E-state index >= 15 is 0 Å². The van der Waals surface area contributed by atoms with Gasteiger partial charge >= 0.3 is 6.03 Å². The molecule has 0 saturated carbocycles. The molecule has 1 radical (unpaired) electrons. The van der Waals surface area contributed by atoms with Gasteiger partial charge in [-0.15, -0.1) is 0 Å². The van der Waals surface area contributed by atoms with Gasteiger partial charge in [-0.3, -0.25) is 14.5 Å². The molecular weight excluding hydrogens is 377 g/mol. The number of rotatable bonds is 4. The monoisotopic (exact) mass is 390 g/mol. The second-order valence-electron chi connectivity index (χ2n) is 5.93. The maximum absolute atomic E-state index is 13.3. The number of benzene rings is 2. The molecule has 1 saturated heterocycles. The van der Waals surface area contributed by atoms with Gasteiger partial charge in [0.1, 0.15) is 12.1 Å². The molecule has 1 aliphatic heterocycles. The number of amides is 4. The number of anilines is 1. The molecule has 1 unspecified atom stereocenters. The van der Waals surface area contributed by atoms with Crippen LogP contribution in [-0.2, 0) is 15.1 Å². The largest absolute Gasteiger partial charge is 0.368 e. The molecule has 0 bridgehead atoms. The van der Waals surface area contributed by atoms with Crippen molar-refractivity contribution < 1.29 is 14.4 Å².